The lowest BCUT2D eigenvalue weighted by molar-refractivity contribution is -0.873. The summed E-state index contributed by atoms with van der Waals surface area (Å²) in [7, 11) is 3.31. The first-order valence-electron chi connectivity index (χ1n) is 11.2. The van der Waals surface area contributed by atoms with Crippen molar-refractivity contribution in [2.75, 3.05) is 30.9 Å². The van der Waals surface area contributed by atoms with Crippen LogP contribution in [0.25, 0.3) is 0 Å². The third-order valence-electron chi connectivity index (χ3n) is 6.22. The average Bonchev–Trinajstić information content (AvgIpc) is 2.99. The number of hydroxylamine groups is 3. The number of nitrogens with zero attached hydrogens (tertiary/aromatic N) is 2. The van der Waals surface area contributed by atoms with E-state index in [1.165, 1.54) is 0 Å². The van der Waals surface area contributed by atoms with Gasteiger partial charge in [0.2, 0.25) is 0 Å². The van der Waals surface area contributed by atoms with Gasteiger partial charge in [-0.2, -0.15) is 0 Å². The van der Waals surface area contributed by atoms with E-state index in [0.717, 1.165) is 29.7 Å². The summed E-state index contributed by atoms with van der Waals surface area (Å²) in [6.07, 6.45) is 1.47. The summed E-state index contributed by atoms with van der Waals surface area (Å²) >= 11 is 0. The Bertz CT molecular complexity index is 1170. The number of hydrogen-bond donors (Lipinski definition) is 1. The van der Waals surface area contributed by atoms with Crippen molar-refractivity contribution in [3.63, 3.8) is 0 Å². The Hall–Kier alpha value is -3.48. The molecule has 0 aliphatic carbocycles. The Kier molecular flexibility index (Phi) is 6.31. The number of benzene rings is 3. The van der Waals surface area contributed by atoms with Crippen LogP contribution in [0.2, 0.25) is 0 Å². The second-order valence-corrected chi connectivity index (χ2v) is 8.95. The summed E-state index contributed by atoms with van der Waals surface area (Å²) in [4.78, 5) is 27.8. The molecular weight excluding hydrogens is 414 g/mol. The van der Waals surface area contributed by atoms with E-state index < -0.39 is 4.65 Å². The fraction of sp³-hybridized carbons (Fsp3) is 0.259. The SMILES string of the molecule is Cc1ccccc1C(=O)Nc1ccc(C(=O)N2CCCC([N+](C)(C)[O-])c3ccccc32)cc1. The molecule has 0 aromatic heterocycles. The summed E-state index contributed by atoms with van der Waals surface area (Å²) in [5, 5.41) is 15.7. The molecule has 33 heavy (non-hydrogen) atoms. The molecule has 0 saturated carbocycles. The molecule has 6 nitrogen and oxygen atoms in total. The van der Waals surface area contributed by atoms with E-state index in [2.05, 4.69) is 5.32 Å². The van der Waals surface area contributed by atoms with Crippen LogP contribution in [-0.4, -0.2) is 37.1 Å². The van der Waals surface area contributed by atoms with E-state index >= 15 is 0 Å². The van der Waals surface area contributed by atoms with E-state index in [9.17, 15) is 14.8 Å². The van der Waals surface area contributed by atoms with E-state index in [0.29, 0.717) is 23.4 Å². The highest BCUT2D eigenvalue weighted by atomic mass is 16.5. The topological polar surface area (TPSA) is 72.5 Å². The fourth-order valence-corrected chi connectivity index (χ4v) is 4.47. The van der Waals surface area contributed by atoms with Crippen molar-refractivity contribution in [1.82, 2.24) is 0 Å². The highest BCUT2D eigenvalue weighted by Gasteiger charge is 2.32. The summed E-state index contributed by atoms with van der Waals surface area (Å²) in [6, 6.07) is 21.8. The molecular formula is C27H29N3O3. The Labute approximate surface area is 194 Å². The van der Waals surface area contributed by atoms with Crippen LogP contribution < -0.4 is 10.2 Å². The van der Waals surface area contributed by atoms with Gasteiger partial charge in [-0.15, -0.1) is 0 Å². The second-order valence-electron chi connectivity index (χ2n) is 8.95. The van der Waals surface area contributed by atoms with Crippen molar-refractivity contribution in [3.05, 3.63) is 100 Å². The number of aryl methyl sites for hydroxylation is 1. The van der Waals surface area contributed by atoms with Crippen molar-refractivity contribution >= 4 is 23.2 Å². The molecule has 2 amide bonds. The number of carbonyl (C=O) groups excluding carboxylic acids is 2. The van der Waals surface area contributed by atoms with Gasteiger partial charge >= 0.3 is 0 Å². The zero-order chi connectivity index (χ0) is 23.6. The van der Waals surface area contributed by atoms with Crippen LogP contribution in [0.3, 0.4) is 0 Å². The lowest BCUT2D eigenvalue weighted by Crippen LogP contribution is -2.37. The molecule has 6 heteroatoms. The van der Waals surface area contributed by atoms with Crippen LogP contribution in [0.4, 0.5) is 11.4 Å². The molecule has 0 spiro atoms. The molecule has 3 aromatic rings. The predicted molar refractivity (Wildman–Crippen MR) is 131 cm³/mol. The summed E-state index contributed by atoms with van der Waals surface area (Å²) in [5.41, 5.74) is 4.39. The zero-order valence-electron chi connectivity index (χ0n) is 19.2. The van der Waals surface area contributed by atoms with Crippen LogP contribution in [0.15, 0.2) is 72.8 Å². The molecule has 3 aromatic carbocycles. The average molecular weight is 444 g/mol. The normalized spacial score (nSPS) is 16.0. The van der Waals surface area contributed by atoms with Gasteiger partial charge in [0.25, 0.3) is 11.8 Å². The molecule has 0 saturated heterocycles. The summed E-state index contributed by atoms with van der Waals surface area (Å²) < 4.78 is -0.422. The number of hydrogen-bond acceptors (Lipinski definition) is 3. The Morgan fingerprint density at radius 2 is 1.64 bits per heavy atom. The highest BCUT2D eigenvalue weighted by molar-refractivity contribution is 6.08. The third-order valence-corrected chi connectivity index (χ3v) is 6.22. The van der Waals surface area contributed by atoms with Crippen LogP contribution in [0.5, 0.6) is 0 Å². The van der Waals surface area contributed by atoms with E-state index in [-0.39, 0.29) is 17.9 Å². The van der Waals surface area contributed by atoms with Gasteiger partial charge in [0.15, 0.2) is 0 Å². The van der Waals surface area contributed by atoms with Gasteiger partial charge in [0, 0.05) is 35.3 Å². The number of anilines is 2. The minimum Gasteiger partial charge on any atom is -0.633 e. The van der Waals surface area contributed by atoms with Crippen molar-refractivity contribution in [1.29, 1.82) is 0 Å². The second kappa shape index (κ2) is 9.17. The maximum Gasteiger partial charge on any atom is 0.258 e. The largest absolute Gasteiger partial charge is 0.633 e. The summed E-state index contributed by atoms with van der Waals surface area (Å²) in [5.74, 6) is -0.297. The van der Waals surface area contributed by atoms with Gasteiger partial charge in [0.05, 0.1) is 19.8 Å². The van der Waals surface area contributed by atoms with E-state index in [1.54, 1.807) is 49.3 Å². The van der Waals surface area contributed by atoms with Gasteiger partial charge in [-0.05, 0) is 55.3 Å². The number of nitrogens with one attached hydrogen (secondary N) is 1. The number of carbonyl (C=O) groups is 2. The fourth-order valence-electron chi connectivity index (χ4n) is 4.47. The maximum absolute atomic E-state index is 13.4. The van der Waals surface area contributed by atoms with Crippen molar-refractivity contribution < 1.29 is 14.2 Å². The Morgan fingerprint density at radius 1 is 0.970 bits per heavy atom. The van der Waals surface area contributed by atoms with Crippen molar-refractivity contribution in [2.24, 2.45) is 0 Å². The first-order chi connectivity index (χ1) is 15.8. The molecule has 4 rings (SSSR count). The lowest BCUT2D eigenvalue weighted by Gasteiger charge is -2.42. The molecule has 1 unspecified atom stereocenters. The number of fused-ring (bicyclic) bond motifs is 1. The van der Waals surface area contributed by atoms with Crippen LogP contribution >= 0.6 is 0 Å². The van der Waals surface area contributed by atoms with Gasteiger partial charge in [-0.3, -0.25) is 9.59 Å². The molecule has 0 bridgehead atoms. The maximum atomic E-state index is 13.4. The van der Waals surface area contributed by atoms with Gasteiger partial charge in [-0.25, -0.2) is 0 Å². The minimum atomic E-state index is -0.422. The standard InChI is InChI=1S/C27H29N3O3/c1-19-9-4-5-10-22(19)26(31)28-21-16-14-20(15-17-21)27(32)29-18-8-13-25(30(2,3)33)23-11-6-7-12-24(23)29/h4-7,9-12,14-17,25H,8,13,18H2,1-3H3,(H,28,31). The highest BCUT2D eigenvalue weighted by Crippen LogP contribution is 2.38. The summed E-state index contributed by atoms with van der Waals surface area (Å²) in [6.45, 7) is 2.45. The first kappa shape index (κ1) is 22.7. The van der Waals surface area contributed by atoms with Crippen LogP contribution in [0, 0.1) is 12.1 Å². The van der Waals surface area contributed by atoms with Crippen LogP contribution in [-0.2, 0) is 0 Å². The number of rotatable bonds is 4. The Balaban J connectivity index is 1.55. The van der Waals surface area contributed by atoms with Crippen LogP contribution in [0.1, 0.15) is 50.7 Å². The predicted octanol–water partition coefficient (Wildman–Crippen LogP) is 5.30. The molecule has 1 N–H and O–H groups in total. The lowest BCUT2D eigenvalue weighted by atomic mass is 10.0. The van der Waals surface area contributed by atoms with Gasteiger partial charge in [-0.1, -0.05) is 36.4 Å². The quantitative estimate of drug-likeness (QED) is 0.439. The molecule has 1 heterocycles. The molecule has 0 fully saturated rings. The first-order valence-corrected chi connectivity index (χ1v) is 11.2. The molecule has 1 aliphatic rings. The van der Waals surface area contributed by atoms with Crippen molar-refractivity contribution in [3.8, 4) is 0 Å². The number of para-hydroxylation sites is 1. The van der Waals surface area contributed by atoms with Crippen molar-refractivity contribution in [2.45, 2.75) is 25.8 Å². The Morgan fingerprint density at radius 3 is 2.33 bits per heavy atom. The number of amides is 2. The van der Waals surface area contributed by atoms with E-state index in [4.69, 9.17) is 0 Å². The third kappa shape index (κ3) is 4.82. The minimum absolute atomic E-state index is 0.115. The molecule has 170 valence electrons. The molecule has 0 radical (unpaired) electrons. The van der Waals surface area contributed by atoms with Gasteiger partial charge < -0.3 is 20.1 Å². The molecule has 1 atom stereocenters. The zero-order valence-corrected chi connectivity index (χ0v) is 19.2. The monoisotopic (exact) mass is 443 g/mol. The molecule has 1 aliphatic heterocycles. The van der Waals surface area contributed by atoms with E-state index in [1.807, 2.05) is 49.4 Å². The van der Waals surface area contributed by atoms with Gasteiger partial charge in [0.1, 0.15) is 6.04 Å². The number of quaternary nitrogens is 1. The smallest absolute Gasteiger partial charge is 0.258 e.